The zero-order chi connectivity index (χ0) is 19.2. The number of ether oxygens (including phenoxy) is 3. The van der Waals surface area contributed by atoms with Crippen molar-refractivity contribution < 1.29 is 28.4 Å². The van der Waals surface area contributed by atoms with Crippen LogP contribution < -0.4 is 10.2 Å². The Morgan fingerprint density at radius 2 is 2.00 bits per heavy atom. The number of hydrogen-bond donors (Lipinski definition) is 1. The van der Waals surface area contributed by atoms with E-state index >= 15 is 0 Å². The second kappa shape index (κ2) is 9.17. The molecule has 1 fully saturated rings. The summed E-state index contributed by atoms with van der Waals surface area (Å²) < 4.78 is 36.2. The Bertz CT molecular complexity index is 568. The maximum atomic E-state index is 14.2. The summed E-state index contributed by atoms with van der Waals surface area (Å²) in [6.07, 6.45) is 2.89. The molecule has 0 aromatic heterocycles. The van der Waals surface area contributed by atoms with E-state index in [1.807, 2.05) is 0 Å². The quantitative estimate of drug-likeness (QED) is 0.537. The van der Waals surface area contributed by atoms with Gasteiger partial charge in [0, 0.05) is 6.61 Å². The number of benzene rings is 1. The van der Waals surface area contributed by atoms with Gasteiger partial charge in [-0.25, -0.2) is 4.39 Å². The van der Waals surface area contributed by atoms with Crippen LogP contribution in [-0.4, -0.2) is 49.9 Å². The molecular weight excluding hydrogens is 338 g/mol. The first-order valence-electron chi connectivity index (χ1n) is 9.08. The maximum absolute atomic E-state index is 14.2. The molecule has 1 unspecified atom stereocenters. The van der Waals surface area contributed by atoms with Gasteiger partial charge < -0.3 is 24.0 Å². The SMILES string of the molecule is CC(C)(O)C(C)(C)O[B]c1ccc(OCCOC2CCCCO2)c(F)c1. The average Bonchev–Trinajstić information content (AvgIpc) is 2.58. The number of halogens is 1. The first kappa shape index (κ1) is 21.2. The second-order valence-electron chi connectivity index (χ2n) is 7.51. The van der Waals surface area contributed by atoms with Gasteiger partial charge in [-0.2, -0.15) is 0 Å². The van der Waals surface area contributed by atoms with Crippen molar-refractivity contribution in [2.75, 3.05) is 19.8 Å². The van der Waals surface area contributed by atoms with E-state index in [1.165, 1.54) is 13.5 Å². The Balaban J connectivity index is 1.77. The van der Waals surface area contributed by atoms with E-state index in [2.05, 4.69) is 0 Å². The fraction of sp³-hybridized carbons (Fsp3) is 0.684. The summed E-state index contributed by atoms with van der Waals surface area (Å²) in [5, 5.41) is 10.1. The van der Waals surface area contributed by atoms with Crippen LogP contribution in [0.2, 0.25) is 0 Å². The minimum absolute atomic E-state index is 0.164. The summed E-state index contributed by atoms with van der Waals surface area (Å²) in [7, 11) is 1.44. The molecule has 7 heteroatoms. The maximum Gasteiger partial charge on any atom is 0.331 e. The van der Waals surface area contributed by atoms with Gasteiger partial charge in [0.1, 0.15) is 6.61 Å². The van der Waals surface area contributed by atoms with Crippen LogP contribution in [0.3, 0.4) is 0 Å². The van der Waals surface area contributed by atoms with Gasteiger partial charge in [0.15, 0.2) is 17.9 Å². The highest BCUT2D eigenvalue weighted by molar-refractivity contribution is 6.47. The predicted octanol–water partition coefficient (Wildman–Crippen LogP) is 2.56. The van der Waals surface area contributed by atoms with E-state index in [-0.39, 0.29) is 18.6 Å². The minimum Gasteiger partial charge on any atom is -0.488 e. The van der Waals surface area contributed by atoms with Gasteiger partial charge in [-0.05, 0) is 59.1 Å². The standard InChI is InChI=1S/C19H29BFO5/c1-18(2,22)19(3,4)26-20-14-8-9-16(15(21)13-14)23-11-12-25-17-7-5-6-10-24-17/h8-9,13,17,22H,5-7,10-12H2,1-4H3. The van der Waals surface area contributed by atoms with Crippen molar-refractivity contribution >= 4 is 12.9 Å². The molecule has 0 spiro atoms. The lowest BCUT2D eigenvalue weighted by atomic mass is 9.82. The summed E-state index contributed by atoms with van der Waals surface area (Å²) in [6.45, 7) is 8.20. The van der Waals surface area contributed by atoms with Crippen molar-refractivity contribution in [3.8, 4) is 5.75 Å². The molecule has 1 aromatic rings. The molecule has 1 radical (unpaired) electrons. The second-order valence-corrected chi connectivity index (χ2v) is 7.51. The molecule has 0 bridgehead atoms. The van der Waals surface area contributed by atoms with Crippen LogP contribution in [-0.2, 0) is 14.1 Å². The lowest BCUT2D eigenvalue weighted by Crippen LogP contribution is -2.49. The minimum atomic E-state index is -1.03. The van der Waals surface area contributed by atoms with Crippen molar-refractivity contribution in [2.45, 2.75) is 64.4 Å². The average molecular weight is 367 g/mol. The van der Waals surface area contributed by atoms with Crippen LogP contribution in [0, 0.1) is 5.82 Å². The molecule has 2 rings (SSSR count). The normalized spacial score (nSPS) is 18.6. The van der Waals surface area contributed by atoms with Crippen molar-refractivity contribution in [2.24, 2.45) is 0 Å². The molecule has 1 aliphatic heterocycles. The summed E-state index contributed by atoms with van der Waals surface area (Å²) in [5.41, 5.74) is -1.29. The Morgan fingerprint density at radius 3 is 2.62 bits per heavy atom. The fourth-order valence-electron chi connectivity index (χ4n) is 2.24. The largest absolute Gasteiger partial charge is 0.488 e. The summed E-state index contributed by atoms with van der Waals surface area (Å²) >= 11 is 0. The van der Waals surface area contributed by atoms with Gasteiger partial charge in [0.25, 0.3) is 0 Å². The van der Waals surface area contributed by atoms with E-state index < -0.39 is 17.0 Å². The molecule has 0 aliphatic carbocycles. The molecule has 0 saturated carbocycles. The molecule has 1 aliphatic rings. The van der Waals surface area contributed by atoms with Crippen molar-refractivity contribution in [1.82, 2.24) is 0 Å². The van der Waals surface area contributed by atoms with Crippen molar-refractivity contribution in [3.63, 3.8) is 0 Å². The van der Waals surface area contributed by atoms with Gasteiger partial charge in [-0.3, -0.25) is 0 Å². The fourth-order valence-corrected chi connectivity index (χ4v) is 2.24. The first-order valence-corrected chi connectivity index (χ1v) is 9.08. The van der Waals surface area contributed by atoms with Crippen LogP contribution in [0.15, 0.2) is 18.2 Å². The molecule has 1 saturated heterocycles. The lowest BCUT2D eigenvalue weighted by Gasteiger charge is -2.37. The smallest absolute Gasteiger partial charge is 0.331 e. The molecule has 26 heavy (non-hydrogen) atoms. The van der Waals surface area contributed by atoms with Crippen molar-refractivity contribution in [3.05, 3.63) is 24.0 Å². The van der Waals surface area contributed by atoms with E-state index in [9.17, 15) is 9.50 Å². The van der Waals surface area contributed by atoms with Gasteiger partial charge in [0.2, 0.25) is 0 Å². The molecule has 1 aromatic carbocycles. The van der Waals surface area contributed by atoms with Crippen molar-refractivity contribution in [1.29, 1.82) is 0 Å². The molecule has 0 amide bonds. The summed E-state index contributed by atoms with van der Waals surface area (Å²) in [6, 6.07) is 4.59. The monoisotopic (exact) mass is 367 g/mol. The highest BCUT2D eigenvalue weighted by atomic mass is 19.1. The number of rotatable bonds is 9. The summed E-state index contributed by atoms with van der Waals surface area (Å²) in [4.78, 5) is 0. The van der Waals surface area contributed by atoms with Gasteiger partial charge >= 0.3 is 7.48 Å². The third-order valence-electron chi connectivity index (χ3n) is 4.70. The highest BCUT2D eigenvalue weighted by Crippen LogP contribution is 2.24. The lowest BCUT2D eigenvalue weighted by molar-refractivity contribution is -0.165. The predicted molar refractivity (Wildman–Crippen MR) is 98.3 cm³/mol. The molecular formula is C19H29BFO5. The number of hydrogen-bond acceptors (Lipinski definition) is 5. The Kier molecular flexibility index (Phi) is 7.47. The van der Waals surface area contributed by atoms with Crippen LogP contribution >= 0.6 is 0 Å². The van der Waals surface area contributed by atoms with Crippen LogP contribution in [0.25, 0.3) is 0 Å². The molecule has 1 atom stereocenters. The van der Waals surface area contributed by atoms with Gasteiger partial charge in [-0.15, -0.1) is 0 Å². The summed E-state index contributed by atoms with van der Waals surface area (Å²) in [5.74, 6) is -0.311. The van der Waals surface area contributed by atoms with E-state index in [4.69, 9.17) is 18.9 Å². The van der Waals surface area contributed by atoms with Gasteiger partial charge in [-0.1, -0.05) is 11.5 Å². The molecule has 1 heterocycles. The van der Waals surface area contributed by atoms with E-state index in [0.717, 1.165) is 25.9 Å². The molecule has 5 nitrogen and oxygen atoms in total. The Labute approximate surface area is 156 Å². The molecule has 1 N–H and O–H groups in total. The Hall–Kier alpha value is -1.15. The van der Waals surface area contributed by atoms with E-state index in [1.54, 1.807) is 39.8 Å². The Morgan fingerprint density at radius 1 is 1.23 bits per heavy atom. The molecule has 145 valence electrons. The third-order valence-corrected chi connectivity index (χ3v) is 4.70. The van der Waals surface area contributed by atoms with Crippen LogP contribution in [0.1, 0.15) is 47.0 Å². The van der Waals surface area contributed by atoms with Crippen LogP contribution in [0.5, 0.6) is 5.75 Å². The number of aliphatic hydroxyl groups is 1. The topological polar surface area (TPSA) is 57.2 Å². The zero-order valence-corrected chi connectivity index (χ0v) is 16.1. The van der Waals surface area contributed by atoms with Gasteiger partial charge in [0.05, 0.1) is 17.8 Å². The van der Waals surface area contributed by atoms with E-state index in [0.29, 0.717) is 12.1 Å². The zero-order valence-electron chi connectivity index (χ0n) is 16.1. The third kappa shape index (κ3) is 6.23. The highest BCUT2D eigenvalue weighted by Gasteiger charge is 2.35. The first-order chi connectivity index (χ1) is 12.2. The van der Waals surface area contributed by atoms with Crippen LogP contribution in [0.4, 0.5) is 4.39 Å².